The van der Waals surface area contributed by atoms with Crippen molar-refractivity contribution in [3.05, 3.63) is 35.9 Å². The average Bonchev–Trinajstić information content (AvgIpc) is 2.50. The highest BCUT2D eigenvalue weighted by molar-refractivity contribution is 5.38. The van der Waals surface area contributed by atoms with Crippen LogP contribution in [0.5, 0.6) is 0 Å². The van der Waals surface area contributed by atoms with Gasteiger partial charge in [0, 0.05) is 6.04 Å². The molecule has 0 saturated heterocycles. The van der Waals surface area contributed by atoms with Crippen molar-refractivity contribution in [1.82, 2.24) is 5.32 Å². The van der Waals surface area contributed by atoms with Crippen LogP contribution in [-0.2, 0) is 5.54 Å². The van der Waals surface area contributed by atoms with E-state index in [9.17, 15) is 0 Å². The van der Waals surface area contributed by atoms with Crippen molar-refractivity contribution in [2.24, 2.45) is 23.5 Å². The van der Waals surface area contributed by atoms with Gasteiger partial charge in [0.15, 0.2) is 0 Å². The molecule has 1 atom stereocenters. The van der Waals surface area contributed by atoms with E-state index in [1.807, 2.05) is 6.07 Å². The van der Waals surface area contributed by atoms with Crippen LogP contribution in [0.4, 0.5) is 0 Å². The van der Waals surface area contributed by atoms with Gasteiger partial charge in [0.2, 0.25) is 0 Å². The van der Waals surface area contributed by atoms with Crippen LogP contribution in [0.2, 0.25) is 0 Å². The maximum absolute atomic E-state index is 6.70. The summed E-state index contributed by atoms with van der Waals surface area (Å²) in [5.41, 5.74) is 7.01. The van der Waals surface area contributed by atoms with E-state index >= 15 is 0 Å². The summed E-state index contributed by atoms with van der Waals surface area (Å²) in [6.45, 7) is 17.4. The van der Waals surface area contributed by atoms with E-state index in [1.54, 1.807) is 0 Å². The van der Waals surface area contributed by atoms with E-state index in [0.717, 1.165) is 0 Å². The zero-order valence-electron chi connectivity index (χ0n) is 16.8. The molecule has 1 aromatic rings. The lowest BCUT2D eigenvalue weighted by atomic mass is 9.75. The maximum Gasteiger partial charge on any atom is 0.108 e. The Labute approximate surface area is 149 Å². The lowest BCUT2D eigenvalue weighted by Crippen LogP contribution is -2.52. The van der Waals surface area contributed by atoms with Crippen molar-refractivity contribution < 1.29 is 0 Å². The Bertz CT molecular complexity index is 553. The number of benzene rings is 1. The molecule has 134 valence electrons. The van der Waals surface area contributed by atoms with Gasteiger partial charge in [0.1, 0.15) is 5.54 Å². The number of nitrogens with one attached hydrogen (secondary N) is 1. The lowest BCUT2D eigenvalue weighted by molar-refractivity contribution is 0.285. The predicted molar refractivity (Wildman–Crippen MR) is 106 cm³/mol. The molecule has 0 aromatic heterocycles. The number of rotatable bonds is 6. The molecule has 24 heavy (non-hydrogen) atoms. The van der Waals surface area contributed by atoms with E-state index in [4.69, 9.17) is 5.73 Å². The summed E-state index contributed by atoms with van der Waals surface area (Å²) in [7, 11) is 0. The summed E-state index contributed by atoms with van der Waals surface area (Å²) in [6, 6.07) is 10.9. The molecular formula is C22H36N2. The Morgan fingerprint density at radius 3 is 1.67 bits per heavy atom. The van der Waals surface area contributed by atoms with Crippen LogP contribution < -0.4 is 11.1 Å². The Morgan fingerprint density at radius 1 is 0.792 bits per heavy atom. The van der Waals surface area contributed by atoms with Gasteiger partial charge in [-0.2, -0.15) is 0 Å². The van der Waals surface area contributed by atoms with Crippen molar-refractivity contribution in [2.75, 3.05) is 0 Å². The van der Waals surface area contributed by atoms with E-state index < -0.39 is 11.1 Å². The van der Waals surface area contributed by atoms with Gasteiger partial charge >= 0.3 is 0 Å². The first-order valence-corrected chi connectivity index (χ1v) is 9.22. The highest BCUT2D eigenvalue weighted by atomic mass is 15.0. The number of hydrogen-bond donors (Lipinski definition) is 2. The van der Waals surface area contributed by atoms with Gasteiger partial charge < -0.3 is 5.73 Å². The maximum atomic E-state index is 6.70. The molecule has 3 N–H and O–H groups in total. The minimum absolute atomic E-state index is 0.296. The zero-order chi connectivity index (χ0) is 18.5. The fraction of sp³-hybridized carbons (Fsp3) is 0.636. The topological polar surface area (TPSA) is 38.0 Å². The third-order valence-corrected chi connectivity index (χ3v) is 5.00. The summed E-state index contributed by atoms with van der Waals surface area (Å²) in [4.78, 5) is 0. The van der Waals surface area contributed by atoms with Crippen molar-refractivity contribution in [1.29, 1.82) is 0 Å². The standard InChI is InChI=1S/C22H36N2/c1-16(2)21(23,17(3)4)14-15-22(18(5)6,24-19(7)8)20-12-10-9-11-13-20/h9-13,16-19,24H,23H2,1-8H3. The first-order valence-electron chi connectivity index (χ1n) is 9.22. The molecule has 0 spiro atoms. The second kappa shape index (κ2) is 8.19. The van der Waals surface area contributed by atoms with Crippen LogP contribution in [0.3, 0.4) is 0 Å². The van der Waals surface area contributed by atoms with Crippen LogP contribution in [0.15, 0.2) is 30.3 Å². The summed E-state index contributed by atoms with van der Waals surface area (Å²) in [5.74, 6) is 7.99. The summed E-state index contributed by atoms with van der Waals surface area (Å²) >= 11 is 0. The summed E-state index contributed by atoms with van der Waals surface area (Å²) < 4.78 is 0. The number of nitrogens with two attached hydrogens (primary N) is 1. The van der Waals surface area contributed by atoms with Crippen LogP contribution in [-0.4, -0.2) is 11.6 Å². The highest BCUT2D eigenvalue weighted by Crippen LogP contribution is 2.31. The van der Waals surface area contributed by atoms with Gasteiger partial charge in [-0.3, -0.25) is 5.32 Å². The molecule has 0 aliphatic carbocycles. The van der Waals surface area contributed by atoms with Crippen LogP contribution in [0.25, 0.3) is 0 Å². The molecule has 1 aromatic carbocycles. The monoisotopic (exact) mass is 328 g/mol. The molecule has 2 heteroatoms. The minimum atomic E-state index is -0.492. The molecule has 0 fully saturated rings. The van der Waals surface area contributed by atoms with Gasteiger partial charge in [-0.25, -0.2) is 0 Å². The fourth-order valence-electron chi connectivity index (χ4n) is 3.15. The molecule has 0 saturated carbocycles. The molecule has 2 nitrogen and oxygen atoms in total. The largest absolute Gasteiger partial charge is 0.315 e. The van der Waals surface area contributed by atoms with Crippen LogP contribution in [0, 0.1) is 29.6 Å². The van der Waals surface area contributed by atoms with Gasteiger partial charge in [0.05, 0.1) is 5.54 Å². The van der Waals surface area contributed by atoms with Crippen LogP contribution >= 0.6 is 0 Å². The Kier molecular flexibility index (Phi) is 7.08. The normalized spacial score (nSPS) is 14.9. The average molecular weight is 329 g/mol. The van der Waals surface area contributed by atoms with Gasteiger partial charge in [-0.1, -0.05) is 83.7 Å². The first kappa shape index (κ1) is 20.7. The first-order chi connectivity index (χ1) is 11.1. The molecule has 0 radical (unpaired) electrons. The molecule has 0 bridgehead atoms. The third-order valence-electron chi connectivity index (χ3n) is 5.00. The van der Waals surface area contributed by atoms with Crippen molar-refractivity contribution >= 4 is 0 Å². The van der Waals surface area contributed by atoms with Crippen LogP contribution in [0.1, 0.15) is 61.0 Å². The van der Waals surface area contributed by atoms with E-state index in [2.05, 4.69) is 96.8 Å². The highest BCUT2D eigenvalue weighted by Gasteiger charge is 2.36. The molecule has 1 unspecified atom stereocenters. The van der Waals surface area contributed by atoms with Gasteiger partial charge in [0.25, 0.3) is 0 Å². The second-order valence-electron chi connectivity index (χ2n) is 8.12. The molecular weight excluding hydrogens is 292 g/mol. The quantitative estimate of drug-likeness (QED) is 0.752. The van der Waals surface area contributed by atoms with Crippen molar-refractivity contribution in [3.8, 4) is 11.8 Å². The zero-order valence-corrected chi connectivity index (χ0v) is 16.8. The number of hydrogen-bond acceptors (Lipinski definition) is 2. The molecule has 0 heterocycles. The molecule has 1 rings (SSSR count). The van der Waals surface area contributed by atoms with Crippen molar-refractivity contribution in [2.45, 2.75) is 72.5 Å². The molecule has 0 aliphatic rings. The van der Waals surface area contributed by atoms with E-state index in [-0.39, 0.29) is 0 Å². The van der Waals surface area contributed by atoms with Crippen molar-refractivity contribution in [3.63, 3.8) is 0 Å². The third kappa shape index (κ3) is 4.41. The predicted octanol–water partition coefficient (Wildman–Crippen LogP) is 4.55. The Balaban J connectivity index is 3.53. The Hall–Kier alpha value is -1.30. The SMILES string of the molecule is CC(C)NC(C#CC(N)(C(C)C)C(C)C)(c1ccccc1)C(C)C. The minimum Gasteiger partial charge on any atom is -0.315 e. The fourth-order valence-corrected chi connectivity index (χ4v) is 3.15. The Morgan fingerprint density at radius 2 is 1.29 bits per heavy atom. The summed E-state index contributed by atoms with van der Waals surface area (Å²) in [6.07, 6.45) is 0. The second-order valence-corrected chi connectivity index (χ2v) is 8.12. The molecule has 0 aliphatic heterocycles. The van der Waals surface area contributed by atoms with Gasteiger partial charge in [-0.15, -0.1) is 0 Å². The van der Waals surface area contributed by atoms with E-state index in [1.165, 1.54) is 5.56 Å². The summed E-state index contributed by atoms with van der Waals surface area (Å²) in [5, 5.41) is 3.73. The molecule has 0 amide bonds. The smallest absolute Gasteiger partial charge is 0.108 e. The van der Waals surface area contributed by atoms with E-state index in [0.29, 0.717) is 23.8 Å². The van der Waals surface area contributed by atoms with Gasteiger partial charge in [-0.05, 0) is 37.2 Å². The lowest BCUT2D eigenvalue weighted by Gasteiger charge is -2.38.